The number of benzene rings is 2. The van der Waals surface area contributed by atoms with Gasteiger partial charge in [0.1, 0.15) is 0 Å². The van der Waals surface area contributed by atoms with E-state index in [0.717, 1.165) is 24.8 Å². The molecule has 2 aromatic rings. The maximum absolute atomic E-state index is 12.8. The number of halogens is 3. The van der Waals surface area contributed by atoms with E-state index < -0.39 is 23.9 Å². The molecule has 0 heterocycles. The normalized spacial score (nSPS) is 10.9. The average molecular weight is 352 g/mol. The molecule has 0 unspecified atom stereocenters. The summed E-state index contributed by atoms with van der Waals surface area (Å²) in [5.41, 5.74) is -0.452. The molecule has 0 aliphatic rings. The Hall–Kier alpha value is -3.03. The lowest BCUT2D eigenvalue weighted by Crippen LogP contribution is -2.43. The Kier molecular flexibility index (Phi) is 5.63. The first-order valence-corrected chi connectivity index (χ1v) is 7.20. The number of urea groups is 1. The van der Waals surface area contributed by atoms with Gasteiger partial charge in [0.25, 0.3) is 0 Å². The summed E-state index contributed by atoms with van der Waals surface area (Å²) in [5.74, 6) is 0. The first-order chi connectivity index (χ1) is 11.8. The summed E-state index contributed by atoms with van der Waals surface area (Å²) in [6, 6.07) is 11.8. The van der Waals surface area contributed by atoms with Crippen molar-refractivity contribution in [1.29, 1.82) is 0 Å². The number of carbonyl (C=O) groups excluding carboxylic acids is 2. The molecule has 0 atom stereocenters. The fourth-order valence-electron chi connectivity index (χ4n) is 2.07. The molecule has 0 aromatic heterocycles. The van der Waals surface area contributed by atoms with Crippen molar-refractivity contribution >= 4 is 17.8 Å². The van der Waals surface area contributed by atoms with Crippen LogP contribution in [0.1, 0.15) is 11.1 Å². The predicted molar refractivity (Wildman–Crippen MR) is 85.0 cm³/mol. The number of ether oxygens (including phenoxy) is 1. The van der Waals surface area contributed by atoms with E-state index in [1.807, 2.05) is 0 Å². The molecule has 2 rings (SSSR count). The number of anilines is 1. The van der Waals surface area contributed by atoms with Gasteiger partial charge in [-0.15, -0.1) is 0 Å². The third-order valence-corrected chi connectivity index (χ3v) is 3.28. The molecule has 0 radical (unpaired) electrons. The molecule has 132 valence electrons. The topological polar surface area (TPSA) is 58.6 Å². The second-order valence-electron chi connectivity index (χ2n) is 5.00. The summed E-state index contributed by atoms with van der Waals surface area (Å²) >= 11 is 0. The maximum Gasteiger partial charge on any atom is 0.422 e. The molecule has 0 fully saturated rings. The SMILES string of the molecule is COC(=O)N(C(=O)NCc1ccccc1)c1cccc(C(F)(F)F)c1. The van der Waals surface area contributed by atoms with Crippen molar-refractivity contribution in [3.05, 3.63) is 65.7 Å². The highest BCUT2D eigenvalue weighted by Crippen LogP contribution is 2.31. The van der Waals surface area contributed by atoms with Crippen molar-refractivity contribution in [2.75, 3.05) is 12.0 Å². The van der Waals surface area contributed by atoms with Crippen LogP contribution in [0.4, 0.5) is 28.4 Å². The van der Waals surface area contributed by atoms with Gasteiger partial charge < -0.3 is 10.1 Å². The van der Waals surface area contributed by atoms with Crippen LogP contribution in [-0.4, -0.2) is 19.2 Å². The minimum absolute atomic E-state index is 0.103. The van der Waals surface area contributed by atoms with Gasteiger partial charge in [0.05, 0.1) is 18.4 Å². The molecule has 0 saturated heterocycles. The number of amides is 3. The molecule has 3 amide bonds. The Morgan fingerprint density at radius 3 is 2.36 bits per heavy atom. The number of imide groups is 1. The van der Waals surface area contributed by atoms with Crippen molar-refractivity contribution in [3.8, 4) is 0 Å². The van der Waals surface area contributed by atoms with Crippen LogP contribution in [-0.2, 0) is 17.5 Å². The van der Waals surface area contributed by atoms with Crippen molar-refractivity contribution in [2.45, 2.75) is 12.7 Å². The fraction of sp³-hybridized carbons (Fsp3) is 0.176. The van der Waals surface area contributed by atoms with E-state index in [4.69, 9.17) is 0 Å². The van der Waals surface area contributed by atoms with Crippen LogP contribution in [0.15, 0.2) is 54.6 Å². The van der Waals surface area contributed by atoms with E-state index in [-0.39, 0.29) is 12.2 Å². The molecule has 0 aliphatic heterocycles. The summed E-state index contributed by atoms with van der Waals surface area (Å²) in [6.07, 6.45) is -5.69. The van der Waals surface area contributed by atoms with Gasteiger partial charge in [0, 0.05) is 6.54 Å². The number of alkyl halides is 3. The number of carbonyl (C=O) groups is 2. The highest BCUT2D eigenvalue weighted by atomic mass is 19.4. The summed E-state index contributed by atoms with van der Waals surface area (Å²) in [7, 11) is 1.04. The Morgan fingerprint density at radius 2 is 1.76 bits per heavy atom. The van der Waals surface area contributed by atoms with Crippen molar-refractivity contribution in [2.24, 2.45) is 0 Å². The van der Waals surface area contributed by atoms with Gasteiger partial charge in [0.2, 0.25) is 0 Å². The minimum atomic E-state index is -4.60. The average Bonchev–Trinajstić information content (AvgIpc) is 2.60. The zero-order valence-electron chi connectivity index (χ0n) is 13.2. The number of hydrogen-bond donors (Lipinski definition) is 1. The Labute approximate surface area is 142 Å². The molecule has 0 bridgehead atoms. The first-order valence-electron chi connectivity index (χ1n) is 7.20. The van der Waals surface area contributed by atoms with Crippen LogP contribution in [0.3, 0.4) is 0 Å². The first kappa shape index (κ1) is 18.3. The van der Waals surface area contributed by atoms with Gasteiger partial charge in [-0.2, -0.15) is 18.1 Å². The molecular weight excluding hydrogens is 337 g/mol. The quantitative estimate of drug-likeness (QED) is 0.901. The van der Waals surface area contributed by atoms with Crippen LogP contribution >= 0.6 is 0 Å². The molecule has 5 nitrogen and oxygen atoms in total. The molecule has 2 aromatic carbocycles. The lowest BCUT2D eigenvalue weighted by molar-refractivity contribution is -0.137. The minimum Gasteiger partial charge on any atom is -0.452 e. The third kappa shape index (κ3) is 4.72. The van der Waals surface area contributed by atoms with Crippen molar-refractivity contribution in [1.82, 2.24) is 5.32 Å². The monoisotopic (exact) mass is 352 g/mol. The Morgan fingerprint density at radius 1 is 1.08 bits per heavy atom. The zero-order chi connectivity index (χ0) is 18.4. The summed E-state index contributed by atoms with van der Waals surface area (Å²) in [5, 5.41) is 2.48. The highest BCUT2D eigenvalue weighted by Gasteiger charge is 2.32. The molecule has 1 N–H and O–H groups in total. The highest BCUT2D eigenvalue weighted by molar-refractivity contribution is 6.11. The van der Waals surface area contributed by atoms with Gasteiger partial charge >= 0.3 is 18.3 Å². The number of hydrogen-bond acceptors (Lipinski definition) is 3. The van der Waals surface area contributed by atoms with Crippen LogP contribution < -0.4 is 10.2 Å². The number of nitrogens with zero attached hydrogens (tertiary/aromatic N) is 1. The van der Waals surface area contributed by atoms with Gasteiger partial charge in [-0.1, -0.05) is 36.4 Å². The smallest absolute Gasteiger partial charge is 0.422 e. The van der Waals surface area contributed by atoms with E-state index in [1.54, 1.807) is 30.3 Å². The molecular formula is C17H15F3N2O3. The molecule has 0 aliphatic carbocycles. The van der Waals surface area contributed by atoms with Crippen molar-refractivity contribution in [3.63, 3.8) is 0 Å². The van der Waals surface area contributed by atoms with Gasteiger partial charge in [-0.05, 0) is 23.8 Å². The second-order valence-corrected chi connectivity index (χ2v) is 5.00. The number of methoxy groups -OCH3 is 1. The maximum atomic E-state index is 12.8. The van der Waals surface area contributed by atoms with Gasteiger partial charge in [-0.3, -0.25) is 0 Å². The van der Waals surface area contributed by atoms with E-state index in [9.17, 15) is 22.8 Å². The van der Waals surface area contributed by atoms with Gasteiger partial charge in [-0.25, -0.2) is 9.59 Å². The summed E-state index contributed by atoms with van der Waals surface area (Å²) in [4.78, 5) is 24.7. The number of rotatable bonds is 3. The Balaban J connectivity index is 2.24. The molecule has 0 saturated carbocycles. The fourth-order valence-corrected chi connectivity index (χ4v) is 2.07. The van der Waals surface area contributed by atoms with E-state index in [0.29, 0.717) is 11.0 Å². The van der Waals surface area contributed by atoms with E-state index in [1.165, 1.54) is 6.07 Å². The van der Waals surface area contributed by atoms with Crippen molar-refractivity contribution < 1.29 is 27.5 Å². The van der Waals surface area contributed by atoms with Crippen LogP contribution in [0, 0.1) is 0 Å². The van der Waals surface area contributed by atoms with E-state index in [2.05, 4.69) is 10.1 Å². The lowest BCUT2D eigenvalue weighted by atomic mass is 10.2. The van der Waals surface area contributed by atoms with E-state index >= 15 is 0 Å². The third-order valence-electron chi connectivity index (χ3n) is 3.28. The lowest BCUT2D eigenvalue weighted by Gasteiger charge is -2.21. The molecule has 8 heteroatoms. The second kappa shape index (κ2) is 7.69. The summed E-state index contributed by atoms with van der Waals surface area (Å²) < 4.78 is 43.1. The van der Waals surface area contributed by atoms with Crippen LogP contribution in [0.5, 0.6) is 0 Å². The van der Waals surface area contributed by atoms with Crippen LogP contribution in [0.2, 0.25) is 0 Å². The zero-order valence-corrected chi connectivity index (χ0v) is 13.2. The largest absolute Gasteiger partial charge is 0.452 e. The number of nitrogens with one attached hydrogen (secondary N) is 1. The van der Waals surface area contributed by atoms with Gasteiger partial charge in [0.15, 0.2) is 0 Å². The molecule has 0 spiro atoms. The summed E-state index contributed by atoms with van der Waals surface area (Å²) in [6.45, 7) is 0.103. The van der Waals surface area contributed by atoms with Crippen LogP contribution in [0.25, 0.3) is 0 Å². The predicted octanol–water partition coefficient (Wildman–Crippen LogP) is 4.19. The standard InChI is InChI=1S/C17H15F3N2O3/c1-25-16(24)22(14-9-5-8-13(10-14)17(18,19)20)15(23)21-11-12-6-3-2-4-7-12/h2-10H,11H2,1H3,(H,21,23). The Bertz CT molecular complexity index is 748. The molecule has 25 heavy (non-hydrogen) atoms.